The van der Waals surface area contributed by atoms with Crippen molar-refractivity contribution in [2.45, 2.75) is 18.9 Å². The number of halogens is 1. The molecule has 1 aliphatic heterocycles. The standard InChI is InChI=1S/C14H16N2OS.ClH/c15-7-13-11-3-1-4-12(14-8-16-9-18-14)10(11)5-2-6-17-13;/h1,3-4,8-9,13H,2,5-7,15H2;1H/t13-;/m1./s1. The molecule has 0 unspecified atom stereocenters. The van der Waals surface area contributed by atoms with Crippen LogP contribution in [0.1, 0.15) is 23.7 Å². The Morgan fingerprint density at radius 1 is 1.42 bits per heavy atom. The average Bonchev–Trinajstić information content (AvgIpc) is 2.85. The lowest BCUT2D eigenvalue weighted by Crippen LogP contribution is -2.16. The predicted octanol–water partition coefficient (Wildman–Crippen LogP) is 3.19. The number of benzene rings is 1. The lowest BCUT2D eigenvalue weighted by Gasteiger charge is -2.17. The van der Waals surface area contributed by atoms with E-state index in [1.807, 2.05) is 11.7 Å². The van der Waals surface area contributed by atoms with Gasteiger partial charge in [0.05, 0.1) is 16.5 Å². The van der Waals surface area contributed by atoms with Crippen LogP contribution in [0.25, 0.3) is 10.4 Å². The third-order valence-corrected chi connectivity index (χ3v) is 4.17. The molecule has 1 atom stereocenters. The van der Waals surface area contributed by atoms with Gasteiger partial charge in [-0.15, -0.1) is 23.7 Å². The van der Waals surface area contributed by atoms with Crippen molar-refractivity contribution >= 4 is 23.7 Å². The van der Waals surface area contributed by atoms with Crippen LogP contribution < -0.4 is 5.73 Å². The second kappa shape index (κ2) is 6.48. The molecule has 0 radical (unpaired) electrons. The van der Waals surface area contributed by atoms with E-state index in [2.05, 4.69) is 23.2 Å². The minimum Gasteiger partial charge on any atom is -0.372 e. The smallest absolute Gasteiger partial charge is 0.0949 e. The lowest BCUT2D eigenvalue weighted by atomic mass is 9.94. The van der Waals surface area contributed by atoms with E-state index >= 15 is 0 Å². The second-order valence-electron chi connectivity index (χ2n) is 4.44. The monoisotopic (exact) mass is 296 g/mol. The maximum absolute atomic E-state index is 5.82. The first-order chi connectivity index (χ1) is 8.90. The van der Waals surface area contributed by atoms with E-state index in [0.717, 1.165) is 19.4 Å². The molecular formula is C14H17ClN2OS. The number of hydrogen-bond acceptors (Lipinski definition) is 4. The number of aromatic nitrogens is 1. The van der Waals surface area contributed by atoms with Crippen molar-refractivity contribution in [3.8, 4) is 10.4 Å². The molecule has 1 aromatic heterocycles. The zero-order valence-corrected chi connectivity index (χ0v) is 12.2. The Bertz CT molecular complexity index is 530. The maximum Gasteiger partial charge on any atom is 0.0949 e. The van der Waals surface area contributed by atoms with Crippen molar-refractivity contribution in [3.05, 3.63) is 41.0 Å². The van der Waals surface area contributed by atoms with Crippen molar-refractivity contribution in [2.75, 3.05) is 13.2 Å². The molecule has 0 saturated heterocycles. The van der Waals surface area contributed by atoms with Crippen molar-refractivity contribution in [2.24, 2.45) is 5.73 Å². The molecule has 0 fully saturated rings. The summed E-state index contributed by atoms with van der Waals surface area (Å²) in [5, 5.41) is 0. The molecule has 102 valence electrons. The van der Waals surface area contributed by atoms with E-state index < -0.39 is 0 Å². The van der Waals surface area contributed by atoms with E-state index in [1.54, 1.807) is 11.3 Å². The van der Waals surface area contributed by atoms with Gasteiger partial charge in [-0.25, -0.2) is 0 Å². The van der Waals surface area contributed by atoms with Crippen molar-refractivity contribution in [1.82, 2.24) is 4.98 Å². The van der Waals surface area contributed by atoms with Crippen LogP contribution in [0.15, 0.2) is 29.9 Å². The number of ether oxygens (including phenoxy) is 1. The zero-order valence-electron chi connectivity index (χ0n) is 10.5. The largest absolute Gasteiger partial charge is 0.372 e. The van der Waals surface area contributed by atoms with Crippen molar-refractivity contribution < 1.29 is 4.74 Å². The molecule has 0 spiro atoms. The Kier molecular flexibility index (Phi) is 4.93. The van der Waals surface area contributed by atoms with Crippen LogP contribution in [-0.4, -0.2) is 18.1 Å². The van der Waals surface area contributed by atoms with Crippen LogP contribution in [-0.2, 0) is 11.2 Å². The van der Waals surface area contributed by atoms with E-state index in [0.29, 0.717) is 6.54 Å². The van der Waals surface area contributed by atoms with Crippen LogP contribution in [0.3, 0.4) is 0 Å². The molecule has 1 aromatic carbocycles. The molecule has 2 heterocycles. The van der Waals surface area contributed by atoms with Gasteiger partial charge >= 0.3 is 0 Å². The topological polar surface area (TPSA) is 48.1 Å². The molecule has 2 N–H and O–H groups in total. The highest BCUT2D eigenvalue weighted by Crippen LogP contribution is 2.34. The molecule has 19 heavy (non-hydrogen) atoms. The molecule has 1 aliphatic rings. The van der Waals surface area contributed by atoms with Crippen LogP contribution in [0.4, 0.5) is 0 Å². The summed E-state index contributed by atoms with van der Waals surface area (Å²) in [5.74, 6) is 0. The zero-order chi connectivity index (χ0) is 12.4. The van der Waals surface area contributed by atoms with Gasteiger partial charge < -0.3 is 10.5 Å². The van der Waals surface area contributed by atoms with E-state index in [9.17, 15) is 0 Å². The highest BCUT2D eigenvalue weighted by Gasteiger charge is 2.20. The normalized spacial score (nSPS) is 18.3. The van der Waals surface area contributed by atoms with Gasteiger partial charge in [0, 0.05) is 19.3 Å². The van der Waals surface area contributed by atoms with Gasteiger partial charge in [0.25, 0.3) is 0 Å². The first-order valence-electron chi connectivity index (χ1n) is 6.22. The first-order valence-corrected chi connectivity index (χ1v) is 7.10. The maximum atomic E-state index is 5.82. The minimum atomic E-state index is 0. The number of nitrogens with two attached hydrogens (primary N) is 1. The Hall–Kier alpha value is -0.940. The van der Waals surface area contributed by atoms with Gasteiger partial charge in [-0.05, 0) is 29.5 Å². The Balaban J connectivity index is 0.00000133. The SMILES string of the molecule is Cl.NC[C@H]1OCCCc2c(-c3cncs3)cccc21. The van der Waals surface area contributed by atoms with Crippen molar-refractivity contribution in [3.63, 3.8) is 0 Å². The van der Waals surface area contributed by atoms with Gasteiger partial charge in [0.1, 0.15) is 0 Å². The van der Waals surface area contributed by atoms with Crippen LogP contribution in [0, 0.1) is 0 Å². The predicted molar refractivity (Wildman–Crippen MR) is 80.9 cm³/mol. The minimum absolute atomic E-state index is 0. The summed E-state index contributed by atoms with van der Waals surface area (Å²) >= 11 is 1.68. The highest BCUT2D eigenvalue weighted by atomic mass is 35.5. The van der Waals surface area contributed by atoms with Crippen LogP contribution in [0.2, 0.25) is 0 Å². The van der Waals surface area contributed by atoms with Gasteiger partial charge in [-0.2, -0.15) is 0 Å². The van der Waals surface area contributed by atoms with Gasteiger partial charge in [-0.1, -0.05) is 18.2 Å². The van der Waals surface area contributed by atoms with Gasteiger partial charge in [0.15, 0.2) is 0 Å². The van der Waals surface area contributed by atoms with Crippen molar-refractivity contribution in [1.29, 1.82) is 0 Å². The summed E-state index contributed by atoms with van der Waals surface area (Å²) in [6.45, 7) is 1.33. The molecule has 0 bridgehead atoms. The summed E-state index contributed by atoms with van der Waals surface area (Å²) in [5.41, 5.74) is 11.6. The molecule has 3 nitrogen and oxygen atoms in total. The molecule has 3 rings (SSSR count). The van der Waals surface area contributed by atoms with Crippen LogP contribution in [0.5, 0.6) is 0 Å². The van der Waals surface area contributed by atoms with E-state index in [-0.39, 0.29) is 18.5 Å². The second-order valence-corrected chi connectivity index (χ2v) is 5.32. The highest BCUT2D eigenvalue weighted by molar-refractivity contribution is 7.13. The fourth-order valence-electron chi connectivity index (χ4n) is 2.52. The molecule has 0 aliphatic carbocycles. The van der Waals surface area contributed by atoms with E-state index in [1.165, 1.54) is 21.6 Å². The summed E-state index contributed by atoms with van der Waals surface area (Å²) in [6, 6.07) is 6.40. The summed E-state index contributed by atoms with van der Waals surface area (Å²) < 4.78 is 5.81. The third-order valence-electron chi connectivity index (χ3n) is 3.36. The summed E-state index contributed by atoms with van der Waals surface area (Å²) in [6.07, 6.45) is 4.08. The van der Waals surface area contributed by atoms with Crippen LogP contribution >= 0.6 is 23.7 Å². The number of rotatable bonds is 2. The third kappa shape index (κ3) is 2.82. The molecule has 0 amide bonds. The number of fused-ring (bicyclic) bond motifs is 1. The molecule has 2 aromatic rings. The summed E-state index contributed by atoms with van der Waals surface area (Å²) in [7, 11) is 0. The van der Waals surface area contributed by atoms with E-state index in [4.69, 9.17) is 10.5 Å². The Morgan fingerprint density at radius 2 is 2.32 bits per heavy atom. The number of thiazole rings is 1. The fraction of sp³-hybridized carbons (Fsp3) is 0.357. The van der Waals surface area contributed by atoms with Gasteiger partial charge in [-0.3, -0.25) is 4.98 Å². The number of nitrogens with zero attached hydrogens (tertiary/aromatic N) is 1. The van der Waals surface area contributed by atoms with Gasteiger partial charge in [0.2, 0.25) is 0 Å². The quantitative estimate of drug-likeness (QED) is 0.926. The first kappa shape index (κ1) is 14.5. The Labute approximate surface area is 123 Å². The molecule has 0 saturated carbocycles. The average molecular weight is 297 g/mol. The lowest BCUT2D eigenvalue weighted by molar-refractivity contribution is 0.0627. The Morgan fingerprint density at radius 3 is 3.05 bits per heavy atom. The molecule has 5 heteroatoms. The number of hydrogen-bond donors (Lipinski definition) is 1. The molecular weight excluding hydrogens is 280 g/mol. The summed E-state index contributed by atoms with van der Waals surface area (Å²) in [4.78, 5) is 5.40. The fourth-order valence-corrected chi connectivity index (χ4v) is 3.20.